The van der Waals surface area contributed by atoms with Crippen LogP contribution in [-0.4, -0.2) is 42.2 Å². The summed E-state index contributed by atoms with van der Waals surface area (Å²) in [7, 11) is 1.25. The van der Waals surface area contributed by atoms with Crippen LogP contribution < -0.4 is 4.90 Å². The van der Waals surface area contributed by atoms with Crippen molar-refractivity contribution in [3.63, 3.8) is 0 Å². The van der Waals surface area contributed by atoms with Crippen molar-refractivity contribution >= 4 is 40.6 Å². The average molecular weight is 426 g/mol. The van der Waals surface area contributed by atoms with E-state index in [0.29, 0.717) is 10.7 Å². The van der Waals surface area contributed by atoms with Crippen molar-refractivity contribution in [3.8, 4) is 0 Å². The van der Waals surface area contributed by atoms with Crippen molar-refractivity contribution in [3.05, 3.63) is 58.4 Å². The maximum absolute atomic E-state index is 12.7. The van der Waals surface area contributed by atoms with Crippen LogP contribution in [0.4, 0.5) is 10.5 Å². The minimum Gasteiger partial charge on any atom is -0.463 e. The number of anilines is 1. The number of carbonyl (C=O) groups is 3. The van der Waals surface area contributed by atoms with E-state index in [-0.39, 0.29) is 23.5 Å². The van der Waals surface area contributed by atoms with Crippen molar-refractivity contribution in [1.82, 2.24) is 4.90 Å². The molecule has 0 radical (unpaired) electrons. The molecule has 2 aliphatic heterocycles. The van der Waals surface area contributed by atoms with Gasteiger partial charge < -0.3 is 14.1 Å². The number of rotatable bonds is 5. The number of nitrogens with zero attached hydrogens (tertiary/aromatic N) is 2. The Morgan fingerprint density at radius 3 is 2.53 bits per heavy atom. The second kappa shape index (κ2) is 8.79. The van der Waals surface area contributed by atoms with Crippen LogP contribution in [0.2, 0.25) is 0 Å². The normalized spacial score (nSPS) is 18.4. The lowest BCUT2D eigenvalue weighted by atomic mass is 10.1. The summed E-state index contributed by atoms with van der Waals surface area (Å²) < 4.78 is 9.96. The van der Waals surface area contributed by atoms with Crippen LogP contribution in [0.5, 0.6) is 0 Å². The molecule has 1 aromatic carbocycles. The van der Waals surface area contributed by atoms with Crippen molar-refractivity contribution in [2.45, 2.75) is 25.8 Å². The van der Waals surface area contributed by atoms with Crippen molar-refractivity contribution in [2.24, 2.45) is 0 Å². The number of piperidine rings is 1. The first kappa shape index (κ1) is 20.3. The fourth-order valence-electron chi connectivity index (χ4n) is 3.55. The summed E-state index contributed by atoms with van der Waals surface area (Å²) in [5.41, 5.74) is 2.05. The highest BCUT2D eigenvalue weighted by Crippen LogP contribution is 2.34. The third-order valence-corrected chi connectivity index (χ3v) is 6.06. The fourth-order valence-corrected chi connectivity index (χ4v) is 4.39. The van der Waals surface area contributed by atoms with Crippen molar-refractivity contribution < 1.29 is 23.5 Å². The minimum atomic E-state index is -0.608. The second-order valence-electron chi connectivity index (χ2n) is 7.16. The maximum Gasteiger partial charge on any atom is 0.373 e. The first-order valence-corrected chi connectivity index (χ1v) is 10.6. The van der Waals surface area contributed by atoms with E-state index in [1.165, 1.54) is 38.1 Å². The molecule has 156 valence electrons. The summed E-state index contributed by atoms with van der Waals surface area (Å²) in [5.74, 6) is -0.613. The summed E-state index contributed by atoms with van der Waals surface area (Å²) in [5, 5.41) is -0.368. The predicted octanol–water partition coefficient (Wildman–Crippen LogP) is 4.29. The van der Waals surface area contributed by atoms with E-state index in [0.717, 1.165) is 35.3 Å². The van der Waals surface area contributed by atoms with Gasteiger partial charge in [0.25, 0.3) is 11.1 Å². The van der Waals surface area contributed by atoms with Gasteiger partial charge in [0.15, 0.2) is 0 Å². The number of furan rings is 1. The van der Waals surface area contributed by atoms with Crippen molar-refractivity contribution in [1.29, 1.82) is 0 Å². The Hall–Kier alpha value is -3.00. The molecule has 0 aliphatic carbocycles. The zero-order valence-corrected chi connectivity index (χ0v) is 17.4. The first-order valence-electron chi connectivity index (χ1n) is 9.82. The van der Waals surface area contributed by atoms with E-state index in [1.54, 1.807) is 12.1 Å². The third-order valence-electron chi connectivity index (χ3n) is 5.15. The smallest absolute Gasteiger partial charge is 0.373 e. The number of amides is 2. The summed E-state index contributed by atoms with van der Waals surface area (Å²) in [4.78, 5) is 40.4. The Kier molecular flexibility index (Phi) is 5.94. The Labute approximate surface area is 178 Å². The van der Waals surface area contributed by atoms with E-state index >= 15 is 0 Å². The highest BCUT2D eigenvalue weighted by molar-refractivity contribution is 8.18. The molecule has 2 amide bonds. The fraction of sp³-hybridized carbons (Fsp3) is 0.318. The van der Waals surface area contributed by atoms with Gasteiger partial charge in [0.1, 0.15) is 5.76 Å². The molecule has 0 bridgehead atoms. The van der Waals surface area contributed by atoms with Gasteiger partial charge in [-0.3, -0.25) is 14.5 Å². The van der Waals surface area contributed by atoms with Gasteiger partial charge >= 0.3 is 5.97 Å². The monoisotopic (exact) mass is 426 g/mol. The highest BCUT2D eigenvalue weighted by atomic mass is 32.2. The molecule has 4 rings (SSSR count). The van der Waals surface area contributed by atoms with Gasteiger partial charge in [-0.05, 0) is 66.9 Å². The number of benzene rings is 1. The van der Waals surface area contributed by atoms with Gasteiger partial charge in [-0.25, -0.2) is 4.79 Å². The number of hydrogen-bond donors (Lipinski definition) is 0. The Morgan fingerprint density at radius 1 is 1.10 bits per heavy atom. The standard InChI is InChI=1S/C22H22N2O5S/c1-28-21(26)18-10-9-17(29-18)14-24-20(25)19(30-22(24)27)13-15-5-7-16(8-6-15)23-11-3-2-4-12-23/h5-10,13H,2-4,11-12,14H2,1H3/b19-13+. The quantitative estimate of drug-likeness (QED) is 0.521. The van der Waals surface area contributed by atoms with Gasteiger partial charge in [-0.1, -0.05) is 12.1 Å². The van der Waals surface area contributed by atoms with Crippen LogP contribution in [0.1, 0.15) is 41.1 Å². The molecule has 0 atom stereocenters. The van der Waals surface area contributed by atoms with Crippen molar-refractivity contribution in [2.75, 3.05) is 25.1 Å². The van der Waals surface area contributed by atoms with Gasteiger partial charge in [-0.15, -0.1) is 0 Å². The van der Waals surface area contributed by atoms with E-state index < -0.39 is 5.97 Å². The first-order chi connectivity index (χ1) is 14.5. The zero-order chi connectivity index (χ0) is 21.1. The molecule has 1 aromatic heterocycles. The molecular weight excluding hydrogens is 404 g/mol. The lowest BCUT2D eigenvalue weighted by molar-refractivity contribution is -0.123. The number of carbonyl (C=O) groups excluding carboxylic acids is 3. The van der Waals surface area contributed by atoms with Crippen LogP contribution >= 0.6 is 11.8 Å². The Bertz CT molecular complexity index is 989. The SMILES string of the molecule is COC(=O)c1ccc(CN2C(=O)S/C(=C/c3ccc(N4CCCCC4)cc3)C2=O)o1. The number of methoxy groups -OCH3 is 1. The van der Waals surface area contributed by atoms with E-state index in [9.17, 15) is 14.4 Å². The Balaban J connectivity index is 1.44. The molecule has 0 unspecified atom stereocenters. The van der Waals surface area contributed by atoms with Gasteiger partial charge in [0.2, 0.25) is 5.76 Å². The van der Waals surface area contributed by atoms with Gasteiger partial charge in [0.05, 0.1) is 18.6 Å². The zero-order valence-electron chi connectivity index (χ0n) is 16.6. The summed E-state index contributed by atoms with van der Waals surface area (Å²) in [6.07, 6.45) is 5.44. The van der Waals surface area contributed by atoms with Crippen LogP contribution in [0.15, 0.2) is 45.7 Å². The molecule has 3 heterocycles. The van der Waals surface area contributed by atoms with Gasteiger partial charge in [0, 0.05) is 18.8 Å². The summed E-state index contributed by atoms with van der Waals surface area (Å²) >= 11 is 0.901. The maximum atomic E-state index is 12.7. The summed E-state index contributed by atoms with van der Waals surface area (Å²) in [6.45, 7) is 2.11. The molecule has 2 aromatic rings. The van der Waals surface area contributed by atoms with Crippen LogP contribution in [0, 0.1) is 0 Å². The topological polar surface area (TPSA) is 80.1 Å². The molecule has 2 saturated heterocycles. The largest absolute Gasteiger partial charge is 0.463 e. The molecule has 8 heteroatoms. The molecule has 7 nitrogen and oxygen atoms in total. The molecule has 2 fully saturated rings. The third kappa shape index (κ3) is 4.28. The number of esters is 1. The minimum absolute atomic E-state index is 0.0313. The lowest BCUT2D eigenvalue weighted by Crippen LogP contribution is -2.29. The number of thioether (sulfide) groups is 1. The predicted molar refractivity (Wildman–Crippen MR) is 114 cm³/mol. The molecule has 2 aliphatic rings. The highest BCUT2D eigenvalue weighted by Gasteiger charge is 2.35. The van der Waals surface area contributed by atoms with Crippen LogP contribution in [-0.2, 0) is 16.1 Å². The summed E-state index contributed by atoms with van der Waals surface area (Å²) in [6, 6.07) is 11.1. The molecule has 0 saturated carbocycles. The number of hydrogen-bond acceptors (Lipinski definition) is 7. The van der Waals surface area contributed by atoms with Crippen LogP contribution in [0.3, 0.4) is 0 Å². The molecular formula is C22H22N2O5S. The number of ether oxygens (including phenoxy) is 1. The van der Waals surface area contributed by atoms with Crippen LogP contribution in [0.25, 0.3) is 6.08 Å². The Morgan fingerprint density at radius 2 is 1.83 bits per heavy atom. The van der Waals surface area contributed by atoms with Gasteiger partial charge in [-0.2, -0.15) is 0 Å². The molecule has 0 N–H and O–H groups in total. The number of imide groups is 1. The second-order valence-corrected chi connectivity index (χ2v) is 8.16. The average Bonchev–Trinajstić information content (AvgIpc) is 3.35. The molecule has 0 spiro atoms. The van der Waals surface area contributed by atoms with E-state index in [4.69, 9.17) is 4.42 Å². The lowest BCUT2D eigenvalue weighted by Gasteiger charge is -2.28. The van der Waals surface area contributed by atoms with E-state index in [1.807, 2.05) is 12.1 Å². The van der Waals surface area contributed by atoms with E-state index in [2.05, 4.69) is 21.8 Å². The molecule has 30 heavy (non-hydrogen) atoms.